The first-order valence-corrected chi connectivity index (χ1v) is 22.8. The Hall–Kier alpha value is -8.31. The predicted octanol–water partition coefficient (Wildman–Crippen LogP) is 16.9. The van der Waals surface area contributed by atoms with Crippen molar-refractivity contribution < 1.29 is 0 Å². The van der Waals surface area contributed by atoms with Crippen LogP contribution in [0.15, 0.2) is 224 Å². The fourth-order valence-electron chi connectivity index (χ4n) is 9.92. The standard InChI is InChI=1S/C61H37N3S/c1-2-16-39(17-3-1)55-37-42(36-41-20-6-8-23-44(41)55)45-34-35-53(49-26-11-10-25-47(45)49)59-62-60(54-30-15-29-52-50-27-12-13-31-56(50)65-58(52)54)64-61(63-59)57-46-24-9-5-19-40(46)32-33-51(57)48-28-14-21-38-18-4-7-22-43(38)48/h1-37H. The summed E-state index contributed by atoms with van der Waals surface area (Å²) in [5.74, 6) is 1.92. The van der Waals surface area contributed by atoms with E-state index in [0.29, 0.717) is 17.5 Å². The number of hydrogen-bond donors (Lipinski definition) is 0. The molecule has 13 rings (SSSR count). The maximum atomic E-state index is 5.57. The van der Waals surface area contributed by atoms with E-state index >= 15 is 0 Å². The number of thiophene rings is 1. The molecule has 0 saturated carbocycles. The van der Waals surface area contributed by atoms with E-state index in [4.69, 9.17) is 15.0 Å². The first-order valence-electron chi connectivity index (χ1n) is 22.0. The van der Waals surface area contributed by atoms with Crippen LogP contribution in [-0.4, -0.2) is 15.0 Å². The molecule has 13 aromatic rings. The molecule has 4 heteroatoms. The molecule has 0 radical (unpaired) electrons. The largest absolute Gasteiger partial charge is 0.208 e. The summed E-state index contributed by atoms with van der Waals surface area (Å²) in [4.78, 5) is 16.6. The van der Waals surface area contributed by atoms with Gasteiger partial charge in [0, 0.05) is 36.9 Å². The van der Waals surface area contributed by atoms with Gasteiger partial charge < -0.3 is 0 Å². The molecule has 0 amide bonds. The summed E-state index contributed by atoms with van der Waals surface area (Å²) < 4.78 is 2.40. The normalized spacial score (nSPS) is 11.7. The van der Waals surface area contributed by atoms with Crippen LogP contribution in [0.2, 0.25) is 0 Å². The van der Waals surface area contributed by atoms with Crippen molar-refractivity contribution in [3.05, 3.63) is 224 Å². The number of nitrogens with zero attached hydrogens (tertiary/aromatic N) is 3. The van der Waals surface area contributed by atoms with Gasteiger partial charge in [0.1, 0.15) is 0 Å². The first kappa shape index (κ1) is 37.3. The lowest BCUT2D eigenvalue weighted by atomic mass is 9.89. The molecule has 302 valence electrons. The summed E-state index contributed by atoms with van der Waals surface area (Å²) in [6.07, 6.45) is 0. The van der Waals surface area contributed by atoms with Crippen molar-refractivity contribution in [2.45, 2.75) is 0 Å². The molecular weight excluding hydrogens is 807 g/mol. The van der Waals surface area contributed by atoms with Gasteiger partial charge in [-0.25, -0.2) is 15.0 Å². The third-order valence-corrected chi connectivity index (χ3v) is 14.2. The fourth-order valence-corrected chi connectivity index (χ4v) is 11.1. The van der Waals surface area contributed by atoms with Crippen molar-refractivity contribution in [1.82, 2.24) is 15.0 Å². The molecule has 0 spiro atoms. The van der Waals surface area contributed by atoms with Crippen molar-refractivity contribution in [2.75, 3.05) is 0 Å². The number of hydrogen-bond acceptors (Lipinski definition) is 4. The third-order valence-electron chi connectivity index (χ3n) is 12.9. The zero-order valence-electron chi connectivity index (χ0n) is 35.1. The van der Waals surface area contributed by atoms with E-state index in [2.05, 4.69) is 224 Å². The summed E-state index contributed by atoms with van der Waals surface area (Å²) in [5.41, 5.74) is 9.87. The molecule has 0 atom stereocenters. The zero-order valence-corrected chi connectivity index (χ0v) is 35.9. The smallest absolute Gasteiger partial charge is 0.165 e. The Morgan fingerprint density at radius 2 is 0.785 bits per heavy atom. The van der Waals surface area contributed by atoms with Gasteiger partial charge in [-0.1, -0.05) is 194 Å². The second kappa shape index (κ2) is 15.2. The van der Waals surface area contributed by atoms with Gasteiger partial charge in [-0.15, -0.1) is 11.3 Å². The molecule has 0 fully saturated rings. The van der Waals surface area contributed by atoms with E-state index in [0.717, 1.165) is 65.2 Å². The van der Waals surface area contributed by atoms with Gasteiger partial charge in [-0.3, -0.25) is 0 Å². The summed E-state index contributed by atoms with van der Waals surface area (Å²) in [7, 11) is 0. The van der Waals surface area contributed by atoms with Gasteiger partial charge in [0.2, 0.25) is 0 Å². The van der Waals surface area contributed by atoms with Gasteiger partial charge in [0.05, 0.1) is 0 Å². The van der Waals surface area contributed by atoms with E-state index in [1.807, 2.05) is 0 Å². The molecule has 0 aliphatic rings. The van der Waals surface area contributed by atoms with E-state index in [-0.39, 0.29) is 0 Å². The molecule has 0 saturated heterocycles. The quantitative estimate of drug-likeness (QED) is 0.167. The summed E-state index contributed by atoms with van der Waals surface area (Å²) in [5, 5.41) is 11.7. The minimum Gasteiger partial charge on any atom is -0.208 e. The van der Waals surface area contributed by atoms with Crippen molar-refractivity contribution in [1.29, 1.82) is 0 Å². The lowest BCUT2D eigenvalue weighted by molar-refractivity contribution is 1.08. The van der Waals surface area contributed by atoms with E-state index in [1.165, 1.54) is 48.1 Å². The SMILES string of the molecule is c1ccc(-c2cc(-c3ccc(-c4nc(-c5c(-c6cccc7ccccc67)ccc6ccccc56)nc(-c5cccc6c5sc5ccccc56)n4)c4ccccc34)cc3ccccc23)cc1. The highest BCUT2D eigenvalue weighted by Gasteiger charge is 2.23. The van der Waals surface area contributed by atoms with Crippen LogP contribution in [0.3, 0.4) is 0 Å². The van der Waals surface area contributed by atoms with Crippen molar-refractivity contribution in [3.63, 3.8) is 0 Å². The Balaban J connectivity index is 1.09. The van der Waals surface area contributed by atoms with Crippen molar-refractivity contribution in [3.8, 4) is 67.5 Å². The van der Waals surface area contributed by atoms with Crippen LogP contribution >= 0.6 is 11.3 Å². The molecule has 0 bridgehead atoms. The van der Waals surface area contributed by atoms with Crippen LogP contribution in [0.4, 0.5) is 0 Å². The van der Waals surface area contributed by atoms with Crippen LogP contribution < -0.4 is 0 Å². The maximum Gasteiger partial charge on any atom is 0.165 e. The Labute approximate surface area is 379 Å². The monoisotopic (exact) mass is 843 g/mol. The lowest BCUT2D eigenvalue weighted by Gasteiger charge is -2.17. The molecule has 65 heavy (non-hydrogen) atoms. The molecule has 0 unspecified atom stereocenters. The second-order valence-electron chi connectivity index (χ2n) is 16.6. The Kier molecular flexibility index (Phi) is 8.71. The molecule has 0 aliphatic heterocycles. The lowest BCUT2D eigenvalue weighted by Crippen LogP contribution is -2.02. The molecule has 2 heterocycles. The van der Waals surface area contributed by atoms with Gasteiger partial charge >= 0.3 is 0 Å². The van der Waals surface area contributed by atoms with Gasteiger partial charge in [-0.2, -0.15) is 0 Å². The summed E-state index contributed by atoms with van der Waals surface area (Å²) in [6, 6.07) is 80.6. The Morgan fingerprint density at radius 1 is 0.262 bits per heavy atom. The minimum absolute atomic E-state index is 0.631. The molecule has 11 aromatic carbocycles. The zero-order chi connectivity index (χ0) is 42.8. The number of benzene rings is 11. The van der Waals surface area contributed by atoms with Crippen molar-refractivity contribution in [2.24, 2.45) is 0 Å². The Bertz CT molecular complexity index is 4010. The maximum absolute atomic E-state index is 5.57. The van der Waals surface area contributed by atoms with Gasteiger partial charge in [-0.05, 0) is 107 Å². The first-order chi connectivity index (χ1) is 32.2. The average Bonchev–Trinajstić information content (AvgIpc) is 3.77. The van der Waals surface area contributed by atoms with Crippen LogP contribution in [0.25, 0.3) is 131 Å². The summed E-state index contributed by atoms with van der Waals surface area (Å²) in [6.45, 7) is 0. The highest BCUT2D eigenvalue weighted by Crippen LogP contribution is 2.44. The van der Waals surface area contributed by atoms with Crippen LogP contribution in [0.5, 0.6) is 0 Å². The fraction of sp³-hybridized carbons (Fsp3) is 0. The molecule has 2 aromatic heterocycles. The highest BCUT2D eigenvalue weighted by atomic mass is 32.1. The predicted molar refractivity (Wildman–Crippen MR) is 275 cm³/mol. The number of rotatable bonds is 6. The van der Waals surface area contributed by atoms with Crippen LogP contribution in [0, 0.1) is 0 Å². The van der Waals surface area contributed by atoms with E-state index in [1.54, 1.807) is 11.3 Å². The number of fused-ring (bicyclic) bond motifs is 7. The van der Waals surface area contributed by atoms with Crippen LogP contribution in [0.1, 0.15) is 0 Å². The molecule has 3 nitrogen and oxygen atoms in total. The third kappa shape index (κ3) is 6.22. The molecule has 0 aliphatic carbocycles. The topological polar surface area (TPSA) is 38.7 Å². The minimum atomic E-state index is 0.631. The van der Waals surface area contributed by atoms with E-state index < -0.39 is 0 Å². The van der Waals surface area contributed by atoms with Crippen molar-refractivity contribution >= 4 is 74.6 Å². The molecular formula is C61H37N3S. The highest BCUT2D eigenvalue weighted by molar-refractivity contribution is 7.26. The average molecular weight is 844 g/mol. The molecule has 0 N–H and O–H groups in total. The van der Waals surface area contributed by atoms with Crippen LogP contribution in [-0.2, 0) is 0 Å². The summed E-state index contributed by atoms with van der Waals surface area (Å²) >= 11 is 1.79. The van der Waals surface area contributed by atoms with Gasteiger partial charge in [0.15, 0.2) is 17.5 Å². The number of aromatic nitrogens is 3. The second-order valence-corrected chi connectivity index (χ2v) is 17.7. The van der Waals surface area contributed by atoms with Gasteiger partial charge in [0.25, 0.3) is 0 Å². The van der Waals surface area contributed by atoms with E-state index in [9.17, 15) is 0 Å². The Morgan fingerprint density at radius 3 is 1.58 bits per heavy atom.